The number of nitrogens with one attached hydrogen (secondary N) is 1. The molecule has 0 spiro atoms. The van der Waals surface area contributed by atoms with Gasteiger partial charge in [0.2, 0.25) is 0 Å². The summed E-state index contributed by atoms with van der Waals surface area (Å²) in [5.74, 6) is 0. The first-order valence-electron chi connectivity index (χ1n) is 7.55. The first-order chi connectivity index (χ1) is 9.04. The predicted octanol–water partition coefficient (Wildman–Crippen LogP) is 1.91. The zero-order valence-corrected chi connectivity index (χ0v) is 12.5. The average Bonchev–Trinajstić information content (AvgIpc) is 3.07. The van der Waals surface area contributed by atoms with Crippen LogP contribution in [-0.4, -0.2) is 48.8 Å². The van der Waals surface area contributed by atoms with Gasteiger partial charge in [0, 0.05) is 18.7 Å². The highest BCUT2D eigenvalue weighted by Crippen LogP contribution is 2.25. The second-order valence-electron chi connectivity index (χ2n) is 6.38. The van der Waals surface area contributed by atoms with E-state index in [-0.39, 0.29) is 5.54 Å². The summed E-state index contributed by atoms with van der Waals surface area (Å²) in [4.78, 5) is 2.40. The Hall–Kier alpha value is -0.630. The van der Waals surface area contributed by atoms with Gasteiger partial charge in [0.05, 0.1) is 12.2 Å². The maximum atomic E-state index is 9.33. The van der Waals surface area contributed by atoms with Crippen molar-refractivity contribution in [3.8, 4) is 6.07 Å². The predicted molar refractivity (Wildman–Crippen MR) is 75.9 cm³/mol. The third-order valence-electron chi connectivity index (χ3n) is 4.44. The lowest BCUT2D eigenvalue weighted by molar-refractivity contribution is 0.0827. The fourth-order valence-electron chi connectivity index (χ4n) is 2.99. The Morgan fingerprint density at radius 1 is 1.42 bits per heavy atom. The normalized spacial score (nSPS) is 30.3. The van der Waals surface area contributed by atoms with E-state index in [4.69, 9.17) is 4.74 Å². The number of ether oxygens (including phenoxy) is 1. The molecular weight excluding hydrogens is 238 g/mol. The first kappa shape index (κ1) is 14.8. The zero-order chi connectivity index (χ0) is 13.9. The molecule has 0 radical (unpaired) electrons. The van der Waals surface area contributed by atoms with Crippen LogP contribution in [0.4, 0.5) is 0 Å². The molecule has 0 aromatic carbocycles. The molecule has 1 N–H and O–H groups in total. The summed E-state index contributed by atoms with van der Waals surface area (Å²) in [7, 11) is 2.17. The van der Waals surface area contributed by atoms with Crippen molar-refractivity contribution in [1.29, 1.82) is 5.26 Å². The number of hydrogen-bond donors (Lipinski definition) is 1. The van der Waals surface area contributed by atoms with Crippen LogP contribution in [-0.2, 0) is 4.74 Å². The first-order valence-corrected chi connectivity index (χ1v) is 7.55. The molecule has 0 amide bonds. The molecule has 1 aliphatic carbocycles. The number of rotatable bonds is 7. The number of nitriles is 1. The smallest absolute Gasteiger partial charge is 0.104 e. The Bertz CT molecular complexity index is 337. The van der Waals surface area contributed by atoms with Gasteiger partial charge in [0.1, 0.15) is 5.54 Å². The van der Waals surface area contributed by atoms with Crippen LogP contribution in [0, 0.1) is 11.3 Å². The Morgan fingerprint density at radius 3 is 2.68 bits per heavy atom. The number of likely N-dealkylation sites (N-methyl/N-ethyl adjacent to an activating group) is 1. The third kappa shape index (κ3) is 4.17. The van der Waals surface area contributed by atoms with Crippen LogP contribution in [0.5, 0.6) is 0 Å². The number of hydrogen-bond acceptors (Lipinski definition) is 4. The monoisotopic (exact) mass is 265 g/mol. The molecule has 2 aliphatic rings. The van der Waals surface area contributed by atoms with E-state index in [0.29, 0.717) is 18.2 Å². The quantitative estimate of drug-likeness (QED) is 0.764. The summed E-state index contributed by atoms with van der Waals surface area (Å²) < 4.78 is 5.61. The van der Waals surface area contributed by atoms with Crippen LogP contribution < -0.4 is 5.32 Å². The second kappa shape index (κ2) is 6.21. The highest BCUT2D eigenvalue weighted by molar-refractivity contribution is 5.07. The largest absolute Gasteiger partial charge is 0.377 e. The van der Waals surface area contributed by atoms with Gasteiger partial charge in [-0.25, -0.2) is 0 Å². The van der Waals surface area contributed by atoms with E-state index in [2.05, 4.69) is 30.3 Å². The SMILES string of the molecule is CC1OCCC1N(C)CCCC(C)(C#N)NC1CC1. The summed E-state index contributed by atoms with van der Waals surface area (Å²) in [5, 5.41) is 12.8. The van der Waals surface area contributed by atoms with Crippen LogP contribution in [0.25, 0.3) is 0 Å². The van der Waals surface area contributed by atoms with Gasteiger partial charge in [-0.2, -0.15) is 5.26 Å². The van der Waals surface area contributed by atoms with Crippen LogP contribution in [0.15, 0.2) is 0 Å². The second-order valence-corrected chi connectivity index (χ2v) is 6.38. The Morgan fingerprint density at radius 2 is 2.16 bits per heavy atom. The molecule has 3 atom stereocenters. The molecule has 2 fully saturated rings. The fraction of sp³-hybridized carbons (Fsp3) is 0.933. The molecule has 1 saturated heterocycles. The van der Waals surface area contributed by atoms with E-state index in [9.17, 15) is 5.26 Å². The van der Waals surface area contributed by atoms with E-state index in [1.54, 1.807) is 0 Å². The highest BCUT2D eigenvalue weighted by atomic mass is 16.5. The van der Waals surface area contributed by atoms with Crippen molar-refractivity contribution in [3.05, 3.63) is 0 Å². The summed E-state index contributed by atoms with van der Waals surface area (Å²) in [5.41, 5.74) is -0.347. The van der Waals surface area contributed by atoms with Crippen LogP contribution in [0.1, 0.15) is 46.0 Å². The van der Waals surface area contributed by atoms with Gasteiger partial charge < -0.3 is 9.64 Å². The maximum absolute atomic E-state index is 9.33. The van der Waals surface area contributed by atoms with Gasteiger partial charge in [-0.1, -0.05) is 0 Å². The minimum absolute atomic E-state index is 0.344. The van der Waals surface area contributed by atoms with Crippen LogP contribution >= 0.6 is 0 Å². The average molecular weight is 265 g/mol. The van der Waals surface area contributed by atoms with Gasteiger partial charge >= 0.3 is 0 Å². The van der Waals surface area contributed by atoms with Gasteiger partial charge in [-0.05, 0) is 59.5 Å². The van der Waals surface area contributed by atoms with Crippen molar-refractivity contribution in [3.63, 3.8) is 0 Å². The molecule has 0 aromatic heterocycles. The van der Waals surface area contributed by atoms with Gasteiger partial charge in [0.15, 0.2) is 0 Å². The Labute approximate surface area is 117 Å². The molecule has 19 heavy (non-hydrogen) atoms. The number of nitrogens with zero attached hydrogens (tertiary/aromatic N) is 2. The summed E-state index contributed by atoms with van der Waals surface area (Å²) in [6, 6.07) is 3.58. The van der Waals surface area contributed by atoms with E-state index >= 15 is 0 Å². The van der Waals surface area contributed by atoms with Gasteiger partial charge in [0.25, 0.3) is 0 Å². The lowest BCUT2D eigenvalue weighted by Crippen LogP contribution is -2.43. The summed E-state index contributed by atoms with van der Waals surface area (Å²) in [6.07, 6.45) is 5.92. The van der Waals surface area contributed by atoms with Gasteiger partial charge in [-0.15, -0.1) is 0 Å². The maximum Gasteiger partial charge on any atom is 0.104 e. The minimum atomic E-state index is -0.347. The molecule has 1 aliphatic heterocycles. The molecule has 4 heteroatoms. The zero-order valence-electron chi connectivity index (χ0n) is 12.5. The summed E-state index contributed by atoms with van der Waals surface area (Å²) in [6.45, 7) is 6.12. The molecule has 1 saturated carbocycles. The van der Waals surface area contributed by atoms with Crippen LogP contribution in [0.2, 0.25) is 0 Å². The molecule has 3 unspecified atom stereocenters. The standard InChI is InChI=1S/C15H27N3O/c1-12-14(7-10-19-12)18(3)9-4-8-15(2,11-16)17-13-5-6-13/h12-14,17H,4-10H2,1-3H3. The lowest BCUT2D eigenvalue weighted by atomic mass is 9.97. The van der Waals surface area contributed by atoms with Crippen molar-refractivity contribution in [2.45, 2.75) is 69.7 Å². The molecular formula is C15H27N3O. The molecule has 0 bridgehead atoms. The highest BCUT2D eigenvalue weighted by Gasteiger charge is 2.32. The molecule has 108 valence electrons. The van der Waals surface area contributed by atoms with Crippen molar-refractivity contribution < 1.29 is 4.74 Å². The van der Waals surface area contributed by atoms with Crippen molar-refractivity contribution >= 4 is 0 Å². The summed E-state index contributed by atoms with van der Waals surface area (Å²) >= 11 is 0. The van der Waals surface area contributed by atoms with E-state index in [1.807, 2.05) is 6.92 Å². The Balaban J connectivity index is 1.71. The molecule has 1 heterocycles. The van der Waals surface area contributed by atoms with E-state index in [1.165, 1.54) is 12.8 Å². The lowest BCUT2D eigenvalue weighted by Gasteiger charge is -2.28. The topological polar surface area (TPSA) is 48.3 Å². The Kier molecular flexibility index (Phi) is 4.83. The van der Waals surface area contributed by atoms with Crippen LogP contribution in [0.3, 0.4) is 0 Å². The molecule has 4 nitrogen and oxygen atoms in total. The molecule has 0 aromatic rings. The van der Waals surface area contributed by atoms with E-state index in [0.717, 1.165) is 32.4 Å². The van der Waals surface area contributed by atoms with Crippen molar-refractivity contribution in [2.24, 2.45) is 0 Å². The van der Waals surface area contributed by atoms with Crippen molar-refractivity contribution in [1.82, 2.24) is 10.2 Å². The molecule has 2 rings (SSSR count). The van der Waals surface area contributed by atoms with Crippen molar-refractivity contribution in [2.75, 3.05) is 20.2 Å². The fourth-order valence-corrected chi connectivity index (χ4v) is 2.99. The third-order valence-corrected chi connectivity index (χ3v) is 4.44. The van der Waals surface area contributed by atoms with E-state index < -0.39 is 0 Å². The van der Waals surface area contributed by atoms with Gasteiger partial charge in [-0.3, -0.25) is 5.32 Å². The minimum Gasteiger partial charge on any atom is -0.377 e.